The van der Waals surface area contributed by atoms with E-state index in [9.17, 15) is 5.11 Å². The van der Waals surface area contributed by atoms with Crippen LogP contribution in [0.2, 0.25) is 20.1 Å². The molecule has 23 heavy (non-hydrogen) atoms. The smallest absolute Gasteiger partial charge is 0.160 e. The standard InChI is InChI=1S/C17H9Cl4NO/c18-12-3-1-2-9(15(12)21)4-5-10-6-7-11-13(19)8-14(20)17(23)16(11)22-10/h1-8,23H. The normalized spacial score (nSPS) is 11.5. The van der Waals surface area contributed by atoms with Gasteiger partial charge >= 0.3 is 0 Å². The molecule has 3 rings (SSSR count). The molecule has 0 atom stereocenters. The fourth-order valence-electron chi connectivity index (χ4n) is 2.14. The third-order valence-corrected chi connectivity index (χ3v) is 4.73. The molecule has 3 aromatic rings. The number of halogens is 4. The van der Waals surface area contributed by atoms with E-state index < -0.39 is 0 Å². The molecule has 0 aliphatic heterocycles. The molecule has 1 heterocycles. The number of pyridine rings is 1. The topological polar surface area (TPSA) is 33.1 Å². The highest BCUT2D eigenvalue weighted by molar-refractivity contribution is 6.43. The highest BCUT2D eigenvalue weighted by Crippen LogP contribution is 2.36. The fraction of sp³-hybridized carbons (Fsp3) is 0. The first kappa shape index (κ1) is 16.4. The molecule has 0 saturated carbocycles. The highest BCUT2D eigenvalue weighted by atomic mass is 35.5. The van der Waals surface area contributed by atoms with E-state index in [1.165, 1.54) is 6.07 Å². The zero-order chi connectivity index (χ0) is 16.6. The molecule has 2 nitrogen and oxygen atoms in total. The molecule has 0 saturated heterocycles. The maximum atomic E-state index is 10.1. The lowest BCUT2D eigenvalue weighted by atomic mass is 10.1. The molecule has 0 fully saturated rings. The molecule has 1 aromatic heterocycles. The molecular formula is C17H9Cl4NO. The summed E-state index contributed by atoms with van der Waals surface area (Å²) in [4.78, 5) is 4.38. The minimum absolute atomic E-state index is 0.0953. The zero-order valence-electron chi connectivity index (χ0n) is 11.5. The summed E-state index contributed by atoms with van der Waals surface area (Å²) in [6.45, 7) is 0. The molecule has 6 heteroatoms. The number of phenols is 1. The Bertz CT molecular complexity index is 938. The maximum Gasteiger partial charge on any atom is 0.160 e. The molecular weight excluding hydrogens is 376 g/mol. The molecule has 1 N–H and O–H groups in total. The number of fused-ring (bicyclic) bond motifs is 1. The van der Waals surface area contributed by atoms with E-state index in [0.717, 1.165) is 5.56 Å². The van der Waals surface area contributed by atoms with Crippen molar-refractivity contribution in [2.45, 2.75) is 0 Å². The van der Waals surface area contributed by atoms with Crippen molar-refractivity contribution in [1.29, 1.82) is 0 Å². The van der Waals surface area contributed by atoms with Crippen LogP contribution in [0.15, 0.2) is 36.4 Å². The second-order valence-corrected chi connectivity index (χ2v) is 6.40. The molecule has 0 spiro atoms. The van der Waals surface area contributed by atoms with Crippen molar-refractivity contribution in [2.75, 3.05) is 0 Å². The maximum absolute atomic E-state index is 10.1. The Labute approximate surface area is 152 Å². The third kappa shape index (κ3) is 3.26. The number of benzene rings is 2. The Morgan fingerprint density at radius 2 is 1.65 bits per heavy atom. The fourth-order valence-corrected chi connectivity index (χ4v) is 3.02. The molecule has 0 amide bonds. The summed E-state index contributed by atoms with van der Waals surface area (Å²) in [7, 11) is 0. The predicted octanol–water partition coefficient (Wildman–Crippen LogP) is 6.72. The van der Waals surface area contributed by atoms with Gasteiger partial charge < -0.3 is 5.11 Å². The van der Waals surface area contributed by atoms with Crippen LogP contribution >= 0.6 is 46.4 Å². The number of rotatable bonds is 2. The minimum atomic E-state index is -0.0953. The van der Waals surface area contributed by atoms with E-state index >= 15 is 0 Å². The van der Waals surface area contributed by atoms with Crippen molar-refractivity contribution in [1.82, 2.24) is 4.98 Å². The van der Waals surface area contributed by atoms with Crippen LogP contribution in [0.5, 0.6) is 5.75 Å². The first-order valence-corrected chi connectivity index (χ1v) is 8.08. The Hall–Kier alpha value is -1.45. The number of phenolic OH excluding ortho intramolecular Hbond substituents is 1. The van der Waals surface area contributed by atoms with Gasteiger partial charge in [-0.1, -0.05) is 64.6 Å². The minimum Gasteiger partial charge on any atom is -0.504 e. The quantitative estimate of drug-likeness (QED) is 0.531. The van der Waals surface area contributed by atoms with Crippen molar-refractivity contribution in [2.24, 2.45) is 0 Å². The largest absolute Gasteiger partial charge is 0.504 e. The molecule has 116 valence electrons. The lowest BCUT2D eigenvalue weighted by Gasteiger charge is -2.06. The molecule has 0 radical (unpaired) electrons. The van der Waals surface area contributed by atoms with Crippen LogP contribution < -0.4 is 0 Å². The van der Waals surface area contributed by atoms with Gasteiger partial charge in [0.2, 0.25) is 0 Å². The predicted molar refractivity (Wildman–Crippen MR) is 98.8 cm³/mol. The van der Waals surface area contributed by atoms with Gasteiger partial charge in [-0.2, -0.15) is 0 Å². The molecule has 0 bridgehead atoms. The van der Waals surface area contributed by atoms with Gasteiger partial charge in [-0.25, -0.2) is 4.98 Å². The number of aromatic nitrogens is 1. The van der Waals surface area contributed by atoms with Gasteiger partial charge in [0.05, 0.1) is 25.8 Å². The van der Waals surface area contributed by atoms with Gasteiger partial charge in [-0.3, -0.25) is 0 Å². The monoisotopic (exact) mass is 383 g/mol. The number of hydrogen-bond acceptors (Lipinski definition) is 2. The van der Waals surface area contributed by atoms with Gasteiger partial charge in [0.25, 0.3) is 0 Å². The van der Waals surface area contributed by atoms with Crippen LogP contribution in [-0.2, 0) is 0 Å². The summed E-state index contributed by atoms with van der Waals surface area (Å²) in [5.41, 5.74) is 1.75. The average molecular weight is 385 g/mol. The first-order valence-electron chi connectivity index (χ1n) is 6.57. The van der Waals surface area contributed by atoms with E-state index in [0.29, 0.717) is 31.7 Å². The molecule has 0 aliphatic carbocycles. The SMILES string of the molecule is Oc1c(Cl)cc(Cl)c2ccc(C=Cc3cccc(Cl)c3Cl)nc12. The molecule has 0 aliphatic rings. The highest BCUT2D eigenvalue weighted by Gasteiger charge is 2.10. The first-order chi connectivity index (χ1) is 11.0. The van der Waals surface area contributed by atoms with Crippen molar-refractivity contribution in [3.8, 4) is 5.75 Å². The van der Waals surface area contributed by atoms with Crippen LogP contribution in [0.1, 0.15) is 11.3 Å². The third-order valence-electron chi connectivity index (χ3n) is 3.29. The van der Waals surface area contributed by atoms with E-state index in [1.807, 2.05) is 12.1 Å². The van der Waals surface area contributed by atoms with Crippen molar-refractivity contribution < 1.29 is 5.11 Å². The Morgan fingerprint density at radius 1 is 0.870 bits per heavy atom. The summed E-state index contributed by atoms with van der Waals surface area (Å²) in [5.74, 6) is -0.0953. The second-order valence-electron chi connectivity index (χ2n) is 4.80. The lowest BCUT2D eigenvalue weighted by molar-refractivity contribution is 0.480. The van der Waals surface area contributed by atoms with E-state index in [-0.39, 0.29) is 10.8 Å². The Kier molecular flexibility index (Phi) is 4.69. The van der Waals surface area contributed by atoms with Crippen molar-refractivity contribution in [3.05, 3.63) is 67.7 Å². The van der Waals surface area contributed by atoms with Gasteiger partial charge in [0, 0.05) is 5.39 Å². The van der Waals surface area contributed by atoms with Gasteiger partial charge in [-0.15, -0.1) is 0 Å². The van der Waals surface area contributed by atoms with E-state index in [1.54, 1.807) is 30.4 Å². The summed E-state index contributed by atoms with van der Waals surface area (Å²) in [6.07, 6.45) is 3.57. The number of hydrogen-bond donors (Lipinski definition) is 1. The Morgan fingerprint density at radius 3 is 2.43 bits per heavy atom. The van der Waals surface area contributed by atoms with Crippen molar-refractivity contribution >= 4 is 69.5 Å². The van der Waals surface area contributed by atoms with Crippen molar-refractivity contribution in [3.63, 3.8) is 0 Å². The number of nitrogens with zero attached hydrogens (tertiary/aromatic N) is 1. The van der Waals surface area contributed by atoms with Crippen LogP contribution in [0.25, 0.3) is 23.1 Å². The number of aromatic hydroxyl groups is 1. The molecule has 0 unspecified atom stereocenters. The van der Waals surface area contributed by atoms with Crippen LogP contribution in [0.4, 0.5) is 0 Å². The second kappa shape index (κ2) is 6.58. The van der Waals surface area contributed by atoms with Crippen LogP contribution in [0.3, 0.4) is 0 Å². The van der Waals surface area contributed by atoms with Crippen LogP contribution in [-0.4, -0.2) is 10.1 Å². The Balaban J connectivity index is 2.06. The summed E-state index contributed by atoms with van der Waals surface area (Å²) in [5, 5.41) is 12.2. The van der Waals surface area contributed by atoms with Gasteiger partial charge in [0.15, 0.2) is 5.75 Å². The zero-order valence-corrected chi connectivity index (χ0v) is 14.5. The lowest BCUT2D eigenvalue weighted by Crippen LogP contribution is -1.86. The van der Waals surface area contributed by atoms with E-state index in [4.69, 9.17) is 46.4 Å². The summed E-state index contributed by atoms with van der Waals surface area (Å²) < 4.78 is 0. The van der Waals surface area contributed by atoms with E-state index in [2.05, 4.69) is 4.98 Å². The average Bonchev–Trinajstić information content (AvgIpc) is 2.54. The van der Waals surface area contributed by atoms with Gasteiger partial charge in [0.1, 0.15) is 5.52 Å². The van der Waals surface area contributed by atoms with Crippen LogP contribution in [0, 0.1) is 0 Å². The summed E-state index contributed by atoms with van der Waals surface area (Å²) in [6, 6.07) is 10.4. The van der Waals surface area contributed by atoms with Gasteiger partial charge in [-0.05, 0) is 35.9 Å². The summed E-state index contributed by atoms with van der Waals surface area (Å²) >= 11 is 24.2. The molecule has 2 aromatic carbocycles.